The summed E-state index contributed by atoms with van der Waals surface area (Å²) in [5.41, 5.74) is -1.17. The molecule has 2 unspecified atom stereocenters. The highest BCUT2D eigenvalue weighted by molar-refractivity contribution is 7.37. The molecule has 1 aliphatic heterocycles. The third-order valence-electron chi connectivity index (χ3n) is 3.97. The maximum absolute atomic E-state index is 13.3. The minimum absolute atomic E-state index is 0.00583. The predicted molar refractivity (Wildman–Crippen MR) is 93.4 cm³/mol. The van der Waals surface area contributed by atoms with Crippen LogP contribution in [0.4, 0.5) is 13.2 Å². The summed E-state index contributed by atoms with van der Waals surface area (Å²) in [7, 11) is -1.02. The van der Waals surface area contributed by atoms with E-state index in [4.69, 9.17) is 4.65 Å². The Bertz CT molecular complexity index is 661. The molecule has 0 saturated heterocycles. The second-order valence-corrected chi connectivity index (χ2v) is 8.61. The SMILES string of the molecule is CPC(CC(C)(C)C)NC(=O)c1cc2c(c(C(F)(F)F)c1)COB2O. The van der Waals surface area contributed by atoms with E-state index in [-0.39, 0.29) is 34.4 Å². The van der Waals surface area contributed by atoms with Crippen molar-refractivity contribution < 1.29 is 27.6 Å². The van der Waals surface area contributed by atoms with Gasteiger partial charge in [-0.2, -0.15) is 13.2 Å². The highest BCUT2D eigenvalue weighted by Gasteiger charge is 2.40. The molecule has 138 valence electrons. The topological polar surface area (TPSA) is 58.6 Å². The summed E-state index contributed by atoms with van der Waals surface area (Å²) < 4.78 is 44.8. The Morgan fingerprint density at radius 1 is 1.40 bits per heavy atom. The first-order valence-corrected chi connectivity index (χ1v) is 9.52. The van der Waals surface area contributed by atoms with E-state index in [1.165, 1.54) is 6.07 Å². The number of fused-ring (bicyclic) bond motifs is 1. The number of alkyl halides is 3. The van der Waals surface area contributed by atoms with Crippen LogP contribution in [0, 0.1) is 5.41 Å². The summed E-state index contributed by atoms with van der Waals surface area (Å²) in [6.45, 7) is 7.74. The number of amides is 1. The molecule has 0 saturated carbocycles. The van der Waals surface area contributed by atoms with Crippen LogP contribution < -0.4 is 10.8 Å². The zero-order chi connectivity index (χ0) is 19.0. The normalized spacial score (nSPS) is 16.4. The second-order valence-electron chi connectivity index (χ2n) is 7.33. The van der Waals surface area contributed by atoms with Crippen molar-refractivity contribution in [3.05, 3.63) is 28.8 Å². The van der Waals surface area contributed by atoms with Gasteiger partial charge in [-0.1, -0.05) is 20.8 Å². The molecule has 1 heterocycles. The van der Waals surface area contributed by atoms with Crippen LogP contribution in [0.25, 0.3) is 0 Å². The van der Waals surface area contributed by atoms with E-state index >= 15 is 0 Å². The highest BCUT2D eigenvalue weighted by Crippen LogP contribution is 2.34. The molecule has 2 rings (SSSR count). The third kappa shape index (κ3) is 4.96. The Balaban J connectivity index is 2.33. The molecule has 0 aliphatic carbocycles. The van der Waals surface area contributed by atoms with Crippen LogP contribution in [0.2, 0.25) is 0 Å². The lowest BCUT2D eigenvalue weighted by atomic mass is 9.77. The van der Waals surface area contributed by atoms with Gasteiger partial charge in [0.1, 0.15) is 0 Å². The number of halogens is 3. The van der Waals surface area contributed by atoms with Crippen molar-refractivity contribution in [2.24, 2.45) is 5.41 Å². The van der Waals surface area contributed by atoms with E-state index < -0.39 is 24.8 Å². The van der Waals surface area contributed by atoms with Gasteiger partial charge in [-0.25, -0.2) is 0 Å². The van der Waals surface area contributed by atoms with Crippen molar-refractivity contribution in [2.75, 3.05) is 6.66 Å². The smallest absolute Gasteiger partial charge is 0.423 e. The van der Waals surface area contributed by atoms with Gasteiger partial charge in [-0.15, -0.1) is 8.58 Å². The number of nitrogens with one attached hydrogen (secondary N) is 1. The van der Waals surface area contributed by atoms with Gasteiger partial charge < -0.3 is 15.0 Å². The van der Waals surface area contributed by atoms with E-state index in [0.29, 0.717) is 8.58 Å². The molecule has 0 spiro atoms. The minimum Gasteiger partial charge on any atom is -0.423 e. The Labute approximate surface area is 147 Å². The molecule has 1 aliphatic rings. The van der Waals surface area contributed by atoms with Crippen molar-refractivity contribution in [1.29, 1.82) is 0 Å². The van der Waals surface area contributed by atoms with Crippen molar-refractivity contribution in [3.8, 4) is 0 Å². The number of hydrogen-bond acceptors (Lipinski definition) is 3. The fourth-order valence-electron chi connectivity index (χ4n) is 2.79. The standard InChI is InChI=1S/C16H22BF3NO3P/c1-15(2,3)7-13(25-4)21-14(22)9-5-11(16(18,19)20)10-8-24-17(23)12(10)6-9/h5-6,13,23,25H,7-8H2,1-4H3,(H,21,22). The van der Waals surface area contributed by atoms with Gasteiger partial charge in [-0.3, -0.25) is 4.79 Å². The first kappa shape index (κ1) is 20.2. The van der Waals surface area contributed by atoms with Crippen LogP contribution in [-0.4, -0.2) is 30.5 Å². The molecule has 0 radical (unpaired) electrons. The summed E-state index contributed by atoms with van der Waals surface area (Å²) in [5, 5.41) is 12.5. The summed E-state index contributed by atoms with van der Waals surface area (Å²) in [6, 6.07) is 2.12. The number of rotatable bonds is 4. The molecule has 2 atom stereocenters. The predicted octanol–water partition coefficient (Wildman–Crippen LogP) is 2.72. The van der Waals surface area contributed by atoms with Gasteiger partial charge in [0.25, 0.3) is 5.91 Å². The maximum atomic E-state index is 13.3. The third-order valence-corrected chi connectivity index (χ3v) is 5.02. The van der Waals surface area contributed by atoms with E-state index in [1.54, 1.807) is 0 Å². The first-order valence-electron chi connectivity index (χ1n) is 7.94. The number of carbonyl (C=O) groups is 1. The molecule has 1 aromatic rings. The van der Waals surface area contributed by atoms with Crippen molar-refractivity contribution >= 4 is 27.1 Å². The van der Waals surface area contributed by atoms with Crippen LogP contribution in [0.1, 0.15) is 48.7 Å². The summed E-state index contributed by atoms with van der Waals surface area (Å²) >= 11 is 0. The molecule has 2 N–H and O–H groups in total. The molecule has 0 bridgehead atoms. The Kier molecular flexibility index (Phi) is 5.86. The minimum atomic E-state index is -4.62. The average Bonchev–Trinajstić information content (AvgIpc) is 2.84. The Hall–Kier alpha value is -1.11. The second kappa shape index (κ2) is 7.26. The van der Waals surface area contributed by atoms with Gasteiger partial charge in [0.2, 0.25) is 0 Å². The van der Waals surface area contributed by atoms with Crippen molar-refractivity contribution in [1.82, 2.24) is 5.32 Å². The van der Waals surface area contributed by atoms with Crippen LogP contribution >= 0.6 is 8.58 Å². The summed E-state index contributed by atoms with van der Waals surface area (Å²) in [4.78, 5) is 12.5. The number of hydrogen-bond donors (Lipinski definition) is 2. The lowest BCUT2D eigenvalue weighted by molar-refractivity contribution is -0.138. The molecule has 25 heavy (non-hydrogen) atoms. The number of benzene rings is 1. The summed E-state index contributed by atoms with van der Waals surface area (Å²) in [6.07, 6.45) is -3.90. The van der Waals surface area contributed by atoms with Crippen LogP contribution in [0.3, 0.4) is 0 Å². The fourth-order valence-corrected chi connectivity index (χ4v) is 3.88. The fraction of sp³-hybridized carbons (Fsp3) is 0.562. The molecule has 0 fully saturated rings. The lowest BCUT2D eigenvalue weighted by Crippen LogP contribution is -2.36. The van der Waals surface area contributed by atoms with Gasteiger partial charge in [0, 0.05) is 11.3 Å². The average molecular weight is 375 g/mol. The van der Waals surface area contributed by atoms with Crippen molar-refractivity contribution in [3.63, 3.8) is 0 Å². The Morgan fingerprint density at radius 3 is 2.56 bits per heavy atom. The maximum Gasteiger partial charge on any atom is 0.491 e. The van der Waals surface area contributed by atoms with Gasteiger partial charge in [0.05, 0.1) is 12.2 Å². The largest absolute Gasteiger partial charge is 0.491 e. The van der Waals surface area contributed by atoms with Crippen LogP contribution in [0.15, 0.2) is 12.1 Å². The molecule has 9 heteroatoms. The molecule has 4 nitrogen and oxygen atoms in total. The van der Waals surface area contributed by atoms with Crippen LogP contribution in [-0.2, 0) is 17.4 Å². The highest BCUT2D eigenvalue weighted by atomic mass is 31.1. The summed E-state index contributed by atoms with van der Waals surface area (Å²) in [5.74, 6) is -0.688. The van der Waals surface area contributed by atoms with E-state index in [2.05, 4.69) is 5.32 Å². The monoisotopic (exact) mass is 375 g/mol. The van der Waals surface area contributed by atoms with E-state index in [0.717, 1.165) is 12.5 Å². The van der Waals surface area contributed by atoms with Crippen molar-refractivity contribution in [2.45, 2.75) is 45.8 Å². The molecular weight excluding hydrogens is 353 g/mol. The molecule has 0 aromatic heterocycles. The molecule has 1 aromatic carbocycles. The van der Waals surface area contributed by atoms with Gasteiger partial charge in [-0.05, 0) is 41.7 Å². The quantitative estimate of drug-likeness (QED) is 0.629. The zero-order valence-corrected chi connectivity index (χ0v) is 15.6. The van der Waals surface area contributed by atoms with Gasteiger partial charge >= 0.3 is 13.3 Å². The zero-order valence-electron chi connectivity index (χ0n) is 14.6. The van der Waals surface area contributed by atoms with E-state index in [1.807, 2.05) is 27.4 Å². The Morgan fingerprint density at radius 2 is 2.04 bits per heavy atom. The first-order chi connectivity index (χ1) is 11.4. The molecular formula is C16H22BF3NO3P. The molecule has 1 amide bonds. The lowest BCUT2D eigenvalue weighted by Gasteiger charge is -2.26. The number of carbonyl (C=O) groups excluding carboxylic acids is 1. The van der Waals surface area contributed by atoms with Gasteiger partial charge in [0.15, 0.2) is 0 Å². The van der Waals surface area contributed by atoms with E-state index in [9.17, 15) is 23.0 Å². The van der Waals surface area contributed by atoms with Crippen LogP contribution in [0.5, 0.6) is 0 Å².